The molecule has 0 radical (unpaired) electrons. The van der Waals surface area contributed by atoms with Gasteiger partial charge >= 0.3 is 0 Å². The summed E-state index contributed by atoms with van der Waals surface area (Å²) in [6.07, 6.45) is 6.54. The molecule has 4 aromatic rings. The van der Waals surface area contributed by atoms with E-state index in [4.69, 9.17) is 20.1 Å². The molecule has 0 spiro atoms. The van der Waals surface area contributed by atoms with E-state index in [2.05, 4.69) is 42.9 Å². The summed E-state index contributed by atoms with van der Waals surface area (Å²) in [5, 5.41) is 8.42. The van der Waals surface area contributed by atoms with E-state index < -0.39 is 0 Å². The van der Waals surface area contributed by atoms with Crippen LogP contribution in [0.25, 0.3) is 22.2 Å². The van der Waals surface area contributed by atoms with Crippen LogP contribution in [0.5, 0.6) is 0 Å². The number of hydrogen-bond donors (Lipinski definition) is 2. The van der Waals surface area contributed by atoms with E-state index in [0.717, 1.165) is 69.9 Å². The van der Waals surface area contributed by atoms with Crippen molar-refractivity contribution < 1.29 is 0 Å². The molecule has 2 aliphatic rings. The van der Waals surface area contributed by atoms with E-state index in [-0.39, 0.29) is 0 Å². The number of imidazole rings is 1. The number of para-hydroxylation sites is 1. The first-order valence-electron chi connectivity index (χ1n) is 11.0. The maximum atomic E-state index is 5.01. The van der Waals surface area contributed by atoms with Crippen LogP contribution in [0.15, 0.2) is 28.9 Å². The maximum Gasteiger partial charge on any atom is 0.179 e. The highest BCUT2D eigenvalue weighted by Crippen LogP contribution is 2.39. The van der Waals surface area contributed by atoms with Crippen LogP contribution in [0, 0.1) is 0 Å². The van der Waals surface area contributed by atoms with Crippen molar-refractivity contribution in [1.29, 1.82) is 0 Å². The molecule has 1 saturated heterocycles. The van der Waals surface area contributed by atoms with E-state index in [1.807, 2.05) is 24.4 Å². The number of aromatic amines is 1. The second-order valence-electron chi connectivity index (χ2n) is 8.74. The Bertz CT molecular complexity index is 1250. The number of likely N-dealkylation sites (tertiary alicyclic amines) is 1. The Balaban J connectivity index is 1.33. The molecule has 0 unspecified atom stereocenters. The first-order chi connectivity index (χ1) is 15.2. The minimum absolute atomic E-state index is 0.361. The highest BCUT2D eigenvalue weighted by molar-refractivity contribution is 9.10. The number of halogens is 1. The highest BCUT2D eigenvalue weighted by atomic mass is 79.9. The highest BCUT2D eigenvalue weighted by Gasteiger charge is 2.28. The van der Waals surface area contributed by atoms with Crippen LogP contribution < -0.4 is 5.32 Å². The Labute approximate surface area is 188 Å². The zero-order chi connectivity index (χ0) is 20.9. The molecule has 0 amide bonds. The SMILES string of the molecule is CN1CCC(n2nc(NCc3nc4c(Br)cccc4[nH]3)c3ncc(C4CC4)nc32)CC1. The van der Waals surface area contributed by atoms with Gasteiger partial charge in [0, 0.05) is 16.6 Å². The normalized spacial score (nSPS) is 18.3. The van der Waals surface area contributed by atoms with E-state index in [1.165, 1.54) is 12.8 Å². The molecule has 3 aromatic heterocycles. The molecule has 2 fully saturated rings. The number of aromatic nitrogens is 6. The van der Waals surface area contributed by atoms with Crippen molar-refractivity contribution in [1.82, 2.24) is 34.6 Å². The Hall–Kier alpha value is -2.52. The third-order valence-electron chi connectivity index (χ3n) is 6.39. The van der Waals surface area contributed by atoms with Crippen molar-refractivity contribution in [2.45, 2.75) is 44.2 Å². The van der Waals surface area contributed by atoms with Crippen LogP contribution in [0.4, 0.5) is 5.82 Å². The van der Waals surface area contributed by atoms with E-state index in [9.17, 15) is 0 Å². The number of fused-ring (bicyclic) bond motifs is 2. The number of nitrogens with zero attached hydrogens (tertiary/aromatic N) is 6. The minimum Gasteiger partial charge on any atom is -0.360 e. The largest absolute Gasteiger partial charge is 0.360 e. The van der Waals surface area contributed by atoms with Crippen molar-refractivity contribution in [2.75, 3.05) is 25.5 Å². The summed E-state index contributed by atoms with van der Waals surface area (Å²) in [5.74, 6) is 2.22. The van der Waals surface area contributed by atoms with Crippen molar-refractivity contribution >= 4 is 43.9 Å². The van der Waals surface area contributed by atoms with Gasteiger partial charge in [-0.1, -0.05) is 6.07 Å². The van der Waals surface area contributed by atoms with Crippen LogP contribution in [0.1, 0.15) is 49.2 Å². The fourth-order valence-corrected chi connectivity index (χ4v) is 4.86. The lowest BCUT2D eigenvalue weighted by Crippen LogP contribution is -2.32. The lowest BCUT2D eigenvalue weighted by molar-refractivity contribution is 0.215. The topological polar surface area (TPSA) is 87.5 Å². The summed E-state index contributed by atoms with van der Waals surface area (Å²) in [7, 11) is 2.18. The third-order valence-corrected chi connectivity index (χ3v) is 7.03. The van der Waals surface area contributed by atoms with Crippen molar-refractivity contribution in [2.24, 2.45) is 0 Å². The zero-order valence-electron chi connectivity index (χ0n) is 17.5. The van der Waals surface area contributed by atoms with Crippen molar-refractivity contribution in [3.63, 3.8) is 0 Å². The molecule has 1 aliphatic heterocycles. The first kappa shape index (κ1) is 19.2. The molecule has 6 rings (SSSR count). The Kier molecular flexibility index (Phi) is 4.68. The smallest absolute Gasteiger partial charge is 0.179 e. The fourth-order valence-electron chi connectivity index (χ4n) is 4.41. The van der Waals surface area contributed by atoms with Gasteiger partial charge in [0.25, 0.3) is 0 Å². The predicted octanol–water partition coefficient (Wildman–Crippen LogP) is 4.22. The van der Waals surface area contributed by atoms with Crippen LogP contribution in [0.2, 0.25) is 0 Å². The molecule has 1 aromatic carbocycles. The summed E-state index contributed by atoms with van der Waals surface area (Å²) >= 11 is 3.57. The molecular formula is C22H25BrN8. The van der Waals surface area contributed by atoms with E-state index in [0.29, 0.717) is 18.5 Å². The van der Waals surface area contributed by atoms with Crippen molar-refractivity contribution in [3.8, 4) is 0 Å². The fraction of sp³-hybridized carbons (Fsp3) is 0.455. The molecule has 9 heteroatoms. The van der Waals surface area contributed by atoms with Gasteiger partial charge in [-0.05, 0) is 73.9 Å². The first-order valence-corrected chi connectivity index (χ1v) is 11.8. The molecule has 8 nitrogen and oxygen atoms in total. The Morgan fingerprint density at radius 2 is 1.97 bits per heavy atom. The standard InChI is InChI=1S/C22H25BrN8/c1-30-9-7-14(8-10-30)31-22-20(24-11-17(27-22)13-5-6-13)21(29-31)25-12-18-26-16-4-2-3-15(23)19(16)28-18/h2-4,11,13-14H,5-10,12H2,1H3,(H,25,29)(H,26,28). The van der Waals surface area contributed by atoms with Gasteiger partial charge in [-0.3, -0.25) is 0 Å². The maximum absolute atomic E-state index is 5.01. The number of rotatable bonds is 5. The third kappa shape index (κ3) is 3.59. The van der Waals surface area contributed by atoms with Gasteiger partial charge in [0.1, 0.15) is 11.3 Å². The van der Waals surface area contributed by atoms with Gasteiger partial charge in [0.15, 0.2) is 17.0 Å². The van der Waals surface area contributed by atoms with Gasteiger partial charge < -0.3 is 15.2 Å². The zero-order valence-corrected chi connectivity index (χ0v) is 19.1. The molecule has 1 saturated carbocycles. The predicted molar refractivity (Wildman–Crippen MR) is 124 cm³/mol. The van der Waals surface area contributed by atoms with Crippen LogP contribution in [-0.2, 0) is 6.54 Å². The summed E-state index contributed by atoms with van der Waals surface area (Å²) in [6, 6.07) is 6.40. The average Bonchev–Trinajstić information content (AvgIpc) is 3.44. The molecule has 0 atom stereocenters. The molecule has 1 aliphatic carbocycles. The molecule has 31 heavy (non-hydrogen) atoms. The lowest BCUT2D eigenvalue weighted by atomic mass is 10.1. The molecule has 160 valence electrons. The number of benzene rings is 1. The van der Waals surface area contributed by atoms with E-state index >= 15 is 0 Å². The van der Waals surface area contributed by atoms with Gasteiger partial charge in [-0.25, -0.2) is 19.6 Å². The van der Waals surface area contributed by atoms with E-state index in [1.54, 1.807) is 0 Å². The van der Waals surface area contributed by atoms with Crippen LogP contribution in [-0.4, -0.2) is 54.8 Å². The second-order valence-corrected chi connectivity index (χ2v) is 9.60. The summed E-state index contributed by atoms with van der Waals surface area (Å²) in [4.78, 5) is 20.3. The monoisotopic (exact) mass is 480 g/mol. The van der Waals surface area contributed by atoms with Gasteiger partial charge in [0.05, 0.1) is 23.8 Å². The van der Waals surface area contributed by atoms with Gasteiger partial charge in [-0.2, -0.15) is 5.10 Å². The average molecular weight is 481 g/mol. The summed E-state index contributed by atoms with van der Waals surface area (Å²) in [6.45, 7) is 2.71. The number of anilines is 1. The number of hydrogen-bond acceptors (Lipinski definition) is 6. The Morgan fingerprint density at radius 1 is 1.13 bits per heavy atom. The number of nitrogens with one attached hydrogen (secondary N) is 2. The molecule has 0 bridgehead atoms. The number of H-pyrrole nitrogens is 1. The molecule has 4 heterocycles. The minimum atomic E-state index is 0.361. The van der Waals surface area contributed by atoms with Gasteiger partial charge in [-0.15, -0.1) is 0 Å². The van der Waals surface area contributed by atoms with Crippen LogP contribution in [0.3, 0.4) is 0 Å². The van der Waals surface area contributed by atoms with Crippen molar-refractivity contribution in [3.05, 3.63) is 40.4 Å². The summed E-state index contributed by atoms with van der Waals surface area (Å²) in [5.41, 5.74) is 4.82. The van der Waals surface area contributed by atoms with Crippen LogP contribution >= 0.6 is 15.9 Å². The molecular weight excluding hydrogens is 456 g/mol. The Morgan fingerprint density at radius 3 is 2.74 bits per heavy atom. The quantitative estimate of drug-likeness (QED) is 0.444. The second kappa shape index (κ2) is 7.56. The lowest BCUT2D eigenvalue weighted by Gasteiger charge is -2.29. The number of piperidine rings is 1. The van der Waals surface area contributed by atoms with Gasteiger partial charge in [0.2, 0.25) is 0 Å². The molecule has 2 N–H and O–H groups in total. The summed E-state index contributed by atoms with van der Waals surface area (Å²) < 4.78 is 3.11.